The molecule has 0 saturated carbocycles. The van der Waals surface area contributed by atoms with E-state index in [9.17, 15) is 5.11 Å². The van der Waals surface area contributed by atoms with Gasteiger partial charge in [-0.1, -0.05) is 100 Å². The van der Waals surface area contributed by atoms with Crippen molar-refractivity contribution in [1.29, 1.82) is 0 Å². The number of hydrogen-bond acceptors (Lipinski definition) is 4. The first kappa shape index (κ1) is 32.4. The van der Waals surface area contributed by atoms with Gasteiger partial charge in [-0.05, 0) is 106 Å². The highest BCUT2D eigenvalue weighted by atomic mass is 28.4. The number of aromatic hydroxyl groups is 1. The fourth-order valence-corrected chi connectivity index (χ4v) is 11.1. The Labute approximate surface area is 269 Å². The predicted octanol–water partition coefficient (Wildman–Crippen LogP) is 8.18. The van der Waals surface area contributed by atoms with Gasteiger partial charge in [-0.3, -0.25) is 4.98 Å². The Bertz CT molecular complexity index is 1610. The Balaban J connectivity index is 1.37. The molecule has 4 aromatic rings. The highest BCUT2D eigenvalue weighted by Crippen LogP contribution is 2.38. The van der Waals surface area contributed by atoms with E-state index in [4.69, 9.17) is 9.16 Å². The molecule has 4 nitrogen and oxygen atoms in total. The van der Waals surface area contributed by atoms with E-state index in [0.717, 1.165) is 51.9 Å². The minimum Gasteiger partial charge on any atom is -0.507 e. The highest BCUT2D eigenvalue weighted by molar-refractivity contribution is 6.99. The smallest absolute Gasteiger partial charge is 0.261 e. The van der Waals surface area contributed by atoms with Crippen LogP contribution < -0.4 is 10.4 Å². The van der Waals surface area contributed by atoms with E-state index in [1.54, 1.807) is 0 Å². The van der Waals surface area contributed by atoms with Crippen molar-refractivity contribution in [2.24, 2.45) is 0 Å². The summed E-state index contributed by atoms with van der Waals surface area (Å²) in [4.78, 5) is 4.67. The molecule has 0 spiro atoms. The maximum absolute atomic E-state index is 10.3. The third-order valence-electron chi connectivity index (χ3n) is 8.76. The zero-order valence-electron chi connectivity index (χ0n) is 27.2. The van der Waals surface area contributed by atoms with Gasteiger partial charge in [0, 0.05) is 6.20 Å². The van der Waals surface area contributed by atoms with Crippen LogP contribution in [-0.4, -0.2) is 37.7 Å². The van der Waals surface area contributed by atoms with Crippen LogP contribution in [0.5, 0.6) is 5.75 Å². The molecular weight excluding hydrogens is 571 g/mol. The highest BCUT2D eigenvalue weighted by Gasteiger charge is 2.50. The van der Waals surface area contributed by atoms with Gasteiger partial charge in [0.2, 0.25) is 0 Å². The van der Waals surface area contributed by atoms with Crippen LogP contribution in [0.3, 0.4) is 0 Å². The number of aryl methyl sites for hydroxylation is 2. The number of nitrogens with zero attached hydrogens (tertiary/aromatic N) is 1. The number of allylic oxidation sites excluding steroid dienone is 1. The number of ether oxygens (including phenoxy) is 1. The van der Waals surface area contributed by atoms with Crippen LogP contribution in [0.15, 0.2) is 121 Å². The fourth-order valence-electron chi connectivity index (χ4n) is 6.51. The van der Waals surface area contributed by atoms with Crippen molar-refractivity contribution in [3.05, 3.63) is 143 Å². The Morgan fingerprint density at radius 1 is 0.956 bits per heavy atom. The van der Waals surface area contributed by atoms with Crippen LogP contribution in [0, 0.1) is 13.8 Å². The topological polar surface area (TPSA) is 51.6 Å². The van der Waals surface area contributed by atoms with Gasteiger partial charge in [-0.15, -0.1) is 0 Å². The van der Waals surface area contributed by atoms with Crippen LogP contribution in [0.1, 0.15) is 56.0 Å². The van der Waals surface area contributed by atoms with Gasteiger partial charge in [0.25, 0.3) is 8.32 Å². The van der Waals surface area contributed by atoms with Gasteiger partial charge in [0.05, 0.1) is 25.0 Å². The molecular formula is C40H45NO3Si. The minimum absolute atomic E-state index is 0.0735. The van der Waals surface area contributed by atoms with Crippen LogP contribution in [0.4, 0.5) is 0 Å². The van der Waals surface area contributed by atoms with Crippen LogP contribution >= 0.6 is 0 Å². The molecule has 0 amide bonds. The Morgan fingerprint density at radius 2 is 1.56 bits per heavy atom. The number of pyridine rings is 1. The monoisotopic (exact) mass is 615 g/mol. The minimum atomic E-state index is -2.69. The molecule has 1 atom stereocenters. The molecule has 5 heteroatoms. The van der Waals surface area contributed by atoms with E-state index >= 15 is 0 Å². The molecule has 1 N–H and O–H groups in total. The average molecular weight is 616 g/mol. The third kappa shape index (κ3) is 7.12. The van der Waals surface area contributed by atoms with Gasteiger partial charge in [0.15, 0.2) is 0 Å². The van der Waals surface area contributed by atoms with Crippen molar-refractivity contribution in [3.8, 4) is 5.75 Å². The summed E-state index contributed by atoms with van der Waals surface area (Å²) in [6.45, 7) is 16.3. The lowest BCUT2D eigenvalue weighted by Crippen LogP contribution is -2.66. The first-order valence-corrected chi connectivity index (χ1v) is 17.7. The van der Waals surface area contributed by atoms with E-state index in [1.165, 1.54) is 10.4 Å². The van der Waals surface area contributed by atoms with Crippen LogP contribution in [0.25, 0.3) is 11.6 Å². The maximum atomic E-state index is 10.3. The van der Waals surface area contributed by atoms with Crippen molar-refractivity contribution >= 4 is 30.3 Å². The molecule has 3 aromatic carbocycles. The third-order valence-corrected chi connectivity index (χ3v) is 13.7. The molecule has 0 aliphatic carbocycles. The van der Waals surface area contributed by atoms with Gasteiger partial charge >= 0.3 is 0 Å². The summed E-state index contributed by atoms with van der Waals surface area (Å²) in [6.07, 6.45) is 7.68. The standard InChI is InChI=1S/C40H45NO3Si/c1-29-25-32(26-30(2)39(29)42)27-33(37-19-13-14-23-41-37)20-21-38-36(22-24-43-38)31(3)28-44-45(40(4,5)6,34-15-9-7-10-16-34)35-17-11-8-12-18-35/h7-19,22-23,25-27,38,42H,3,20-21,24,28H2,1-2,4-6H3/b33-27-. The SMILES string of the molecule is C=C(CO[Si](c1ccccc1)(c1ccccc1)C(C)(C)C)C1=CCOC1CC/C(=C/c1cc(C)c(O)c(C)c1)c1ccccn1. The first-order valence-electron chi connectivity index (χ1n) is 15.8. The number of phenols is 1. The lowest BCUT2D eigenvalue weighted by molar-refractivity contribution is 0.117. The molecule has 0 radical (unpaired) electrons. The molecule has 5 rings (SSSR count). The quantitative estimate of drug-likeness (QED) is 0.173. The lowest BCUT2D eigenvalue weighted by Gasteiger charge is -2.43. The number of rotatable bonds is 11. The summed E-state index contributed by atoms with van der Waals surface area (Å²) in [5.41, 5.74) is 6.95. The summed E-state index contributed by atoms with van der Waals surface area (Å²) in [6, 6.07) is 31.5. The molecule has 2 heterocycles. The molecule has 1 aromatic heterocycles. The maximum Gasteiger partial charge on any atom is 0.261 e. The van der Waals surface area contributed by atoms with Gasteiger partial charge < -0.3 is 14.3 Å². The van der Waals surface area contributed by atoms with Crippen molar-refractivity contribution in [2.45, 2.75) is 58.6 Å². The summed E-state index contributed by atoms with van der Waals surface area (Å²) in [5, 5.41) is 12.7. The van der Waals surface area contributed by atoms with E-state index in [0.29, 0.717) is 19.0 Å². The zero-order valence-corrected chi connectivity index (χ0v) is 28.2. The number of benzene rings is 3. The average Bonchev–Trinajstić information content (AvgIpc) is 3.52. The van der Waals surface area contributed by atoms with Crippen LogP contribution in [-0.2, 0) is 9.16 Å². The normalized spacial score (nSPS) is 15.6. The van der Waals surface area contributed by atoms with Crippen molar-refractivity contribution in [2.75, 3.05) is 13.2 Å². The lowest BCUT2D eigenvalue weighted by atomic mass is 9.95. The number of phenolic OH excluding ortho intramolecular Hbond substituents is 1. The van der Waals surface area contributed by atoms with Crippen molar-refractivity contribution < 1.29 is 14.3 Å². The van der Waals surface area contributed by atoms with Crippen LogP contribution in [0.2, 0.25) is 5.04 Å². The summed E-state index contributed by atoms with van der Waals surface area (Å²) in [5.74, 6) is 0.347. The number of hydrogen-bond donors (Lipinski definition) is 1. The molecule has 232 valence electrons. The van der Waals surface area contributed by atoms with E-state index < -0.39 is 8.32 Å². The van der Waals surface area contributed by atoms with Gasteiger partial charge in [-0.2, -0.15) is 0 Å². The Kier molecular flexibility index (Phi) is 10.0. The Hall–Kier alpha value is -4.03. The number of aromatic nitrogens is 1. The van der Waals surface area contributed by atoms with E-state index in [1.807, 2.05) is 44.3 Å². The summed E-state index contributed by atoms with van der Waals surface area (Å²) in [7, 11) is -2.69. The van der Waals surface area contributed by atoms with Crippen molar-refractivity contribution in [3.63, 3.8) is 0 Å². The summed E-state index contributed by atoms with van der Waals surface area (Å²) >= 11 is 0. The second kappa shape index (κ2) is 13.9. The largest absolute Gasteiger partial charge is 0.507 e. The first-order chi connectivity index (χ1) is 21.6. The molecule has 1 aliphatic heterocycles. The molecule has 0 fully saturated rings. The zero-order chi connectivity index (χ0) is 32.0. The molecule has 0 saturated heterocycles. The second-order valence-corrected chi connectivity index (χ2v) is 17.3. The second-order valence-electron chi connectivity index (χ2n) is 13.0. The predicted molar refractivity (Wildman–Crippen MR) is 189 cm³/mol. The molecule has 1 aliphatic rings. The van der Waals surface area contributed by atoms with E-state index in [-0.39, 0.29) is 11.1 Å². The van der Waals surface area contributed by atoms with Gasteiger partial charge in [-0.25, -0.2) is 0 Å². The Morgan fingerprint density at radius 3 is 2.11 bits per heavy atom. The molecule has 45 heavy (non-hydrogen) atoms. The fraction of sp³-hybridized carbons (Fsp3) is 0.275. The molecule has 0 bridgehead atoms. The van der Waals surface area contributed by atoms with Crippen molar-refractivity contribution in [1.82, 2.24) is 4.98 Å². The van der Waals surface area contributed by atoms with Gasteiger partial charge in [0.1, 0.15) is 5.75 Å². The summed E-state index contributed by atoms with van der Waals surface area (Å²) < 4.78 is 13.5. The van der Waals surface area contributed by atoms with E-state index in [2.05, 4.69) is 111 Å². The molecule has 1 unspecified atom stereocenters.